The predicted octanol–water partition coefficient (Wildman–Crippen LogP) is 3.13. The third kappa shape index (κ3) is 5.44. The summed E-state index contributed by atoms with van der Waals surface area (Å²) in [5.74, 6) is -2.45. The van der Waals surface area contributed by atoms with E-state index in [4.69, 9.17) is 5.73 Å². The van der Waals surface area contributed by atoms with Crippen LogP contribution in [0, 0.1) is 0 Å². The number of carbonyl (C=O) groups excluding carboxylic acids is 2. The van der Waals surface area contributed by atoms with Crippen molar-refractivity contribution >= 4 is 11.8 Å². The lowest BCUT2D eigenvalue weighted by Gasteiger charge is -2.22. The van der Waals surface area contributed by atoms with E-state index in [-0.39, 0.29) is 24.2 Å². The third-order valence-corrected chi connectivity index (χ3v) is 3.64. The number of nitrogens with two attached hydrogens (primary N) is 1. The van der Waals surface area contributed by atoms with Crippen LogP contribution in [0.15, 0.2) is 42.6 Å². The average molecular weight is 405 g/mol. The Kier molecular flexibility index (Phi) is 5.95. The number of nitrogens with zero attached hydrogens (tertiary/aromatic N) is 2. The van der Waals surface area contributed by atoms with Gasteiger partial charge in [0.1, 0.15) is 5.69 Å². The van der Waals surface area contributed by atoms with E-state index in [2.05, 4.69) is 4.98 Å². The Morgan fingerprint density at radius 3 is 1.82 bits per heavy atom. The van der Waals surface area contributed by atoms with Gasteiger partial charge in [-0.3, -0.25) is 14.6 Å². The van der Waals surface area contributed by atoms with E-state index in [9.17, 15) is 35.9 Å². The lowest BCUT2D eigenvalue weighted by molar-refractivity contribution is -0.145. The smallest absolute Gasteiger partial charge is 0.361 e. The normalized spacial score (nSPS) is 11.9. The monoisotopic (exact) mass is 405 g/mol. The molecule has 0 fully saturated rings. The Morgan fingerprint density at radius 1 is 0.857 bits per heavy atom. The molecule has 5 nitrogen and oxygen atoms in total. The van der Waals surface area contributed by atoms with Gasteiger partial charge in [-0.25, -0.2) is 0 Å². The average Bonchev–Trinajstić information content (AvgIpc) is 2.60. The van der Waals surface area contributed by atoms with Gasteiger partial charge in [-0.15, -0.1) is 0 Å². The number of aromatic nitrogens is 1. The number of primary amides is 1. The van der Waals surface area contributed by atoms with E-state index in [1.165, 1.54) is 0 Å². The zero-order chi connectivity index (χ0) is 21.1. The van der Waals surface area contributed by atoms with Crippen LogP contribution < -0.4 is 5.73 Å². The van der Waals surface area contributed by atoms with Crippen molar-refractivity contribution in [3.63, 3.8) is 0 Å². The maximum absolute atomic E-state index is 12.6. The number of hydrogen-bond acceptors (Lipinski definition) is 3. The van der Waals surface area contributed by atoms with Crippen LogP contribution in [0.2, 0.25) is 0 Å². The number of rotatable bonds is 4. The molecule has 1 aromatic carbocycles. The Bertz CT molecular complexity index is 786. The second-order valence-corrected chi connectivity index (χ2v) is 5.77. The number of carbonyl (C=O) groups is 2. The van der Waals surface area contributed by atoms with Gasteiger partial charge in [0.25, 0.3) is 0 Å². The minimum atomic E-state index is -4.64. The fourth-order valence-electron chi connectivity index (χ4n) is 2.28. The molecule has 1 heterocycles. The van der Waals surface area contributed by atoms with Crippen LogP contribution in [0.5, 0.6) is 0 Å². The number of alkyl halides is 6. The van der Waals surface area contributed by atoms with Gasteiger partial charge in [-0.2, -0.15) is 26.3 Å². The summed E-state index contributed by atoms with van der Waals surface area (Å²) in [5, 5.41) is 0. The van der Waals surface area contributed by atoms with Crippen molar-refractivity contribution in [2.45, 2.75) is 25.4 Å². The van der Waals surface area contributed by atoms with Crippen LogP contribution in [-0.4, -0.2) is 21.7 Å². The molecule has 28 heavy (non-hydrogen) atoms. The minimum absolute atomic E-state index is 0.175. The first-order valence-corrected chi connectivity index (χ1v) is 7.65. The summed E-state index contributed by atoms with van der Waals surface area (Å²) in [5.41, 5.74) is 3.38. The van der Waals surface area contributed by atoms with Crippen molar-refractivity contribution in [2.24, 2.45) is 5.73 Å². The Labute approximate surface area is 154 Å². The van der Waals surface area contributed by atoms with Crippen LogP contribution in [-0.2, 0) is 35.0 Å². The summed E-state index contributed by atoms with van der Waals surface area (Å²) in [6.07, 6.45) is -8.29. The summed E-state index contributed by atoms with van der Waals surface area (Å²) in [4.78, 5) is 27.3. The van der Waals surface area contributed by atoms with E-state index in [1.54, 1.807) is 0 Å². The standard InChI is InChI=1S/C17H13F6N3O2/c18-16(19,20)12-4-1-10(2-5-12)8-26(15(28)14(24)27)9-11-3-6-13(25-7-11)17(21,22)23/h1-7H,8-9H2,(H2,24,27). The first-order chi connectivity index (χ1) is 12.9. The van der Waals surface area contributed by atoms with Crippen LogP contribution >= 0.6 is 0 Å². The molecule has 0 saturated heterocycles. The van der Waals surface area contributed by atoms with Gasteiger partial charge in [0.2, 0.25) is 0 Å². The minimum Gasteiger partial charge on any atom is -0.361 e. The fourth-order valence-corrected chi connectivity index (χ4v) is 2.28. The van der Waals surface area contributed by atoms with Gasteiger partial charge >= 0.3 is 24.2 Å². The lowest BCUT2D eigenvalue weighted by Crippen LogP contribution is -2.39. The van der Waals surface area contributed by atoms with Crippen molar-refractivity contribution < 1.29 is 35.9 Å². The molecule has 2 rings (SSSR count). The zero-order valence-corrected chi connectivity index (χ0v) is 14.0. The van der Waals surface area contributed by atoms with Crippen LogP contribution in [0.3, 0.4) is 0 Å². The molecular weight excluding hydrogens is 392 g/mol. The fraction of sp³-hybridized carbons (Fsp3) is 0.235. The summed E-state index contributed by atoms with van der Waals surface area (Å²) in [6.45, 7) is -0.588. The summed E-state index contributed by atoms with van der Waals surface area (Å²) in [7, 11) is 0. The van der Waals surface area contributed by atoms with Crippen molar-refractivity contribution in [3.8, 4) is 0 Å². The topological polar surface area (TPSA) is 76.3 Å². The maximum atomic E-state index is 12.6. The predicted molar refractivity (Wildman–Crippen MR) is 84.1 cm³/mol. The van der Waals surface area contributed by atoms with E-state index in [0.717, 1.165) is 41.4 Å². The maximum Gasteiger partial charge on any atom is 0.433 e. The highest BCUT2D eigenvalue weighted by Gasteiger charge is 2.32. The molecule has 0 atom stereocenters. The van der Waals surface area contributed by atoms with Crippen LogP contribution in [0.25, 0.3) is 0 Å². The molecule has 0 aliphatic carbocycles. The highest BCUT2D eigenvalue weighted by Crippen LogP contribution is 2.29. The largest absolute Gasteiger partial charge is 0.433 e. The molecule has 0 aliphatic heterocycles. The molecule has 150 valence electrons. The number of amides is 2. The van der Waals surface area contributed by atoms with Gasteiger partial charge in [-0.05, 0) is 29.3 Å². The molecule has 2 amide bonds. The van der Waals surface area contributed by atoms with Crippen molar-refractivity contribution in [2.75, 3.05) is 0 Å². The lowest BCUT2D eigenvalue weighted by atomic mass is 10.1. The van der Waals surface area contributed by atoms with Gasteiger partial charge in [0.05, 0.1) is 5.56 Å². The Morgan fingerprint density at radius 2 is 1.39 bits per heavy atom. The second-order valence-electron chi connectivity index (χ2n) is 5.77. The van der Waals surface area contributed by atoms with E-state index >= 15 is 0 Å². The first-order valence-electron chi connectivity index (χ1n) is 7.65. The molecule has 0 radical (unpaired) electrons. The Balaban J connectivity index is 2.21. The van der Waals surface area contributed by atoms with Gasteiger partial charge < -0.3 is 10.6 Å². The summed E-state index contributed by atoms with van der Waals surface area (Å²) < 4.78 is 75.5. The third-order valence-electron chi connectivity index (χ3n) is 3.64. The molecule has 0 saturated carbocycles. The molecule has 11 heteroatoms. The van der Waals surface area contributed by atoms with E-state index in [1.807, 2.05) is 0 Å². The molecule has 0 aliphatic rings. The number of hydrogen-bond donors (Lipinski definition) is 1. The number of benzene rings is 1. The molecule has 0 unspecified atom stereocenters. The van der Waals surface area contributed by atoms with Crippen molar-refractivity contribution in [1.29, 1.82) is 0 Å². The SMILES string of the molecule is NC(=O)C(=O)N(Cc1ccc(C(F)(F)F)cc1)Cc1ccc(C(F)(F)F)nc1. The van der Waals surface area contributed by atoms with Crippen LogP contribution in [0.4, 0.5) is 26.3 Å². The molecule has 1 aromatic heterocycles. The van der Waals surface area contributed by atoms with Gasteiger partial charge in [0.15, 0.2) is 0 Å². The molecule has 0 bridgehead atoms. The zero-order valence-electron chi connectivity index (χ0n) is 14.0. The first kappa shape index (κ1) is 21.2. The van der Waals surface area contributed by atoms with E-state index in [0.29, 0.717) is 6.07 Å². The van der Waals surface area contributed by atoms with Gasteiger partial charge in [-0.1, -0.05) is 18.2 Å². The molecule has 2 aromatic rings. The highest BCUT2D eigenvalue weighted by atomic mass is 19.4. The molecule has 0 spiro atoms. The molecule has 2 N–H and O–H groups in total. The van der Waals surface area contributed by atoms with Gasteiger partial charge in [0, 0.05) is 19.3 Å². The van der Waals surface area contributed by atoms with Crippen molar-refractivity contribution in [3.05, 3.63) is 65.0 Å². The van der Waals surface area contributed by atoms with Crippen molar-refractivity contribution in [1.82, 2.24) is 9.88 Å². The number of pyridine rings is 1. The molecular formula is C17H13F6N3O2. The summed E-state index contributed by atoms with van der Waals surface area (Å²) in [6, 6.07) is 5.64. The number of halogens is 6. The van der Waals surface area contributed by atoms with Crippen LogP contribution in [0.1, 0.15) is 22.4 Å². The second kappa shape index (κ2) is 7.87. The highest BCUT2D eigenvalue weighted by molar-refractivity contribution is 6.34. The van der Waals surface area contributed by atoms with E-state index < -0.39 is 35.4 Å². The Hall–Kier alpha value is -3.11. The quantitative estimate of drug-likeness (QED) is 0.627. The summed E-state index contributed by atoms with van der Waals surface area (Å²) >= 11 is 0.